The Hall–Kier alpha value is -1.94. The monoisotopic (exact) mass is 1380 g/mol. The fourth-order valence-corrected chi connectivity index (χ4v) is 13.0. The summed E-state index contributed by atoms with van der Waals surface area (Å²) in [6.07, 6.45) is 51.4. The summed E-state index contributed by atoms with van der Waals surface area (Å²) in [6, 6.07) is 0. The highest BCUT2D eigenvalue weighted by atomic mass is 31.2. The van der Waals surface area contributed by atoms with E-state index in [2.05, 4.69) is 48.5 Å². The van der Waals surface area contributed by atoms with Crippen molar-refractivity contribution in [1.82, 2.24) is 0 Å². The lowest BCUT2D eigenvalue weighted by Gasteiger charge is -2.21. The van der Waals surface area contributed by atoms with E-state index in [9.17, 15) is 43.2 Å². The van der Waals surface area contributed by atoms with Gasteiger partial charge in [0.1, 0.15) is 19.3 Å². The molecule has 0 aliphatic carbocycles. The fraction of sp³-hybridized carbons (Fsp3) is 0.947. The lowest BCUT2D eigenvalue weighted by atomic mass is 10.0. The molecule has 0 heterocycles. The number of rotatable bonds is 73. The van der Waals surface area contributed by atoms with Gasteiger partial charge in [0, 0.05) is 25.7 Å². The summed E-state index contributed by atoms with van der Waals surface area (Å²) in [6.45, 7) is 11.9. The van der Waals surface area contributed by atoms with Gasteiger partial charge < -0.3 is 33.8 Å². The van der Waals surface area contributed by atoms with Crippen LogP contribution in [0.15, 0.2) is 0 Å². The molecule has 0 aliphatic rings. The maximum absolute atomic E-state index is 13.1. The van der Waals surface area contributed by atoms with Crippen LogP contribution in [0.3, 0.4) is 0 Å². The number of esters is 4. The number of hydrogen-bond donors (Lipinski definition) is 3. The van der Waals surface area contributed by atoms with Gasteiger partial charge in [-0.1, -0.05) is 331 Å². The first-order chi connectivity index (χ1) is 45.2. The van der Waals surface area contributed by atoms with Gasteiger partial charge in [0.2, 0.25) is 0 Å². The molecule has 0 bridgehead atoms. The van der Waals surface area contributed by atoms with Crippen LogP contribution >= 0.6 is 15.6 Å². The van der Waals surface area contributed by atoms with Crippen LogP contribution in [0.1, 0.15) is 382 Å². The maximum atomic E-state index is 13.1. The van der Waals surface area contributed by atoms with Crippen LogP contribution in [0, 0.1) is 17.8 Å². The number of phosphoric acid groups is 2. The third-order valence-corrected chi connectivity index (χ3v) is 19.3. The molecule has 5 atom stereocenters. The number of ether oxygens (including phenoxy) is 4. The van der Waals surface area contributed by atoms with Gasteiger partial charge in [-0.3, -0.25) is 37.3 Å². The van der Waals surface area contributed by atoms with Gasteiger partial charge in [-0.25, -0.2) is 9.13 Å². The van der Waals surface area contributed by atoms with Gasteiger partial charge in [0.05, 0.1) is 26.4 Å². The summed E-state index contributed by atoms with van der Waals surface area (Å²) in [5.74, 6) is 0.166. The third kappa shape index (κ3) is 68.6. The first-order valence-electron chi connectivity index (χ1n) is 38.8. The lowest BCUT2D eigenvalue weighted by molar-refractivity contribution is -0.161. The molecule has 0 aliphatic heterocycles. The summed E-state index contributed by atoms with van der Waals surface area (Å²) >= 11 is 0. The fourth-order valence-electron chi connectivity index (χ4n) is 11.4. The second-order valence-electron chi connectivity index (χ2n) is 28.5. The summed E-state index contributed by atoms with van der Waals surface area (Å²) < 4.78 is 68.4. The minimum Gasteiger partial charge on any atom is -0.462 e. The summed E-state index contributed by atoms with van der Waals surface area (Å²) in [5.41, 5.74) is 0. The molecule has 94 heavy (non-hydrogen) atoms. The molecule has 0 fully saturated rings. The van der Waals surface area contributed by atoms with Gasteiger partial charge in [-0.05, 0) is 43.4 Å². The van der Waals surface area contributed by atoms with Crippen molar-refractivity contribution < 1.29 is 80.2 Å². The van der Waals surface area contributed by atoms with Crippen LogP contribution in [0.2, 0.25) is 0 Å². The van der Waals surface area contributed by atoms with Crippen LogP contribution in [-0.2, 0) is 65.4 Å². The first-order valence-corrected chi connectivity index (χ1v) is 41.8. The zero-order valence-corrected chi connectivity index (χ0v) is 63.2. The Morgan fingerprint density at radius 1 is 0.287 bits per heavy atom. The van der Waals surface area contributed by atoms with Crippen molar-refractivity contribution in [2.75, 3.05) is 39.6 Å². The quantitative estimate of drug-likeness (QED) is 0.0222. The van der Waals surface area contributed by atoms with Crippen LogP contribution in [0.5, 0.6) is 0 Å². The summed E-state index contributed by atoms with van der Waals surface area (Å²) in [4.78, 5) is 72.7. The molecule has 0 aromatic carbocycles. The third-order valence-electron chi connectivity index (χ3n) is 17.4. The second kappa shape index (κ2) is 65.7. The van der Waals surface area contributed by atoms with Crippen LogP contribution < -0.4 is 0 Å². The van der Waals surface area contributed by atoms with Gasteiger partial charge in [0.15, 0.2) is 12.2 Å². The zero-order valence-electron chi connectivity index (χ0n) is 61.4. The molecule has 0 radical (unpaired) electrons. The number of aliphatic hydroxyl groups is 1. The van der Waals surface area contributed by atoms with E-state index in [0.717, 1.165) is 108 Å². The Morgan fingerprint density at radius 3 is 0.723 bits per heavy atom. The number of phosphoric ester groups is 2. The predicted molar refractivity (Wildman–Crippen MR) is 381 cm³/mol. The smallest absolute Gasteiger partial charge is 0.462 e. The molecule has 0 amide bonds. The molecule has 0 saturated carbocycles. The van der Waals surface area contributed by atoms with Crippen molar-refractivity contribution in [2.24, 2.45) is 17.8 Å². The number of aliphatic hydroxyl groups excluding tert-OH is 1. The van der Waals surface area contributed by atoms with Crippen molar-refractivity contribution in [3.63, 3.8) is 0 Å². The summed E-state index contributed by atoms with van der Waals surface area (Å²) in [7, 11) is -9.91. The Labute approximate surface area is 575 Å². The molecule has 0 aromatic rings. The normalized spacial score (nSPS) is 14.1. The molecule has 19 heteroatoms. The van der Waals surface area contributed by atoms with Crippen molar-refractivity contribution in [3.05, 3.63) is 0 Å². The van der Waals surface area contributed by atoms with Crippen LogP contribution in [-0.4, -0.2) is 96.7 Å². The Bertz CT molecular complexity index is 1840. The van der Waals surface area contributed by atoms with E-state index in [1.807, 2.05) is 0 Å². The Balaban J connectivity index is 5.23. The Morgan fingerprint density at radius 2 is 0.489 bits per heavy atom. The SMILES string of the molecule is CCCCCCCCCCCCCC(=O)O[C@H](COC(=O)CCCCCCCCCC(C)C)COP(=O)(O)OC[C@H](O)COP(=O)(O)OC[C@@H](COC(=O)CCCCCCCCCCCCCC(C)C)OC(=O)CCCCCCCCCCCCCCCCCCC(C)C. The minimum atomic E-state index is -4.96. The first kappa shape index (κ1) is 92.1. The van der Waals surface area contributed by atoms with Gasteiger partial charge in [-0.15, -0.1) is 0 Å². The van der Waals surface area contributed by atoms with E-state index in [1.165, 1.54) is 186 Å². The van der Waals surface area contributed by atoms with E-state index in [0.29, 0.717) is 31.6 Å². The van der Waals surface area contributed by atoms with Crippen molar-refractivity contribution in [2.45, 2.75) is 401 Å². The number of hydrogen-bond acceptors (Lipinski definition) is 15. The molecule has 2 unspecified atom stereocenters. The van der Waals surface area contributed by atoms with Gasteiger partial charge in [-0.2, -0.15) is 0 Å². The number of carbonyl (C=O) groups is 4. The van der Waals surface area contributed by atoms with Gasteiger partial charge >= 0.3 is 39.5 Å². The van der Waals surface area contributed by atoms with E-state index in [1.54, 1.807) is 0 Å². The molecule has 17 nitrogen and oxygen atoms in total. The zero-order chi connectivity index (χ0) is 69.4. The summed E-state index contributed by atoms with van der Waals surface area (Å²) in [5, 5.41) is 10.6. The molecule has 0 rings (SSSR count). The highest BCUT2D eigenvalue weighted by Gasteiger charge is 2.30. The topological polar surface area (TPSA) is 237 Å². The van der Waals surface area contributed by atoms with E-state index >= 15 is 0 Å². The number of carbonyl (C=O) groups excluding carboxylic acids is 4. The van der Waals surface area contributed by atoms with E-state index < -0.39 is 97.5 Å². The highest BCUT2D eigenvalue weighted by molar-refractivity contribution is 7.47. The molecule has 0 saturated heterocycles. The molecular weight excluding hydrogens is 1230 g/mol. The standard InChI is InChI=1S/C75H146O17P2/c1-8-9-10-11-12-13-21-29-36-44-51-58-74(79)92-71(63-86-73(78)57-50-43-38-31-34-41-48-55-68(6)7)65-90-94(83,84)88-61-69(76)60-87-93(81,82)89-64-70(62-85-72(77)56-49-42-35-28-25-20-23-27-33-40-47-54-67(4)5)91-75(80)59-52-45-37-30-24-19-17-15-14-16-18-22-26-32-39-46-53-66(2)3/h66-71,76H,8-65H2,1-7H3,(H,81,82)(H,83,84)/t69-,70-,71-/m1/s1. The van der Waals surface area contributed by atoms with Crippen LogP contribution in [0.25, 0.3) is 0 Å². The predicted octanol–water partition coefficient (Wildman–Crippen LogP) is 21.8. The Kier molecular flexibility index (Phi) is 64.3. The largest absolute Gasteiger partial charge is 0.472 e. The lowest BCUT2D eigenvalue weighted by Crippen LogP contribution is -2.30. The molecular formula is C75H146O17P2. The van der Waals surface area contributed by atoms with Gasteiger partial charge in [0.25, 0.3) is 0 Å². The molecule has 3 N–H and O–H groups in total. The molecule has 558 valence electrons. The average molecular weight is 1380 g/mol. The highest BCUT2D eigenvalue weighted by Crippen LogP contribution is 2.45. The van der Waals surface area contributed by atoms with Crippen molar-refractivity contribution in [1.29, 1.82) is 0 Å². The average Bonchev–Trinajstić information content (AvgIpc) is 2.37. The maximum Gasteiger partial charge on any atom is 0.472 e. The van der Waals surface area contributed by atoms with Crippen molar-refractivity contribution >= 4 is 39.5 Å². The van der Waals surface area contributed by atoms with E-state index in [-0.39, 0.29) is 25.7 Å². The van der Waals surface area contributed by atoms with E-state index in [4.69, 9.17) is 37.0 Å². The van der Waals surface area contributed by atoms with Crippen LogP contribution in [0.4, 0.5) is 0 Å². The van der Waals surface area contributed by atoms with Crippen molar-refractivity contribution in [3.8, 4) is 0 Å². The number of unbranched alkanes of at least 4 members (excludes halogenated alkanes) is 41. The second-order valence-corrected chi connectivity index (χ2v) is 31.4. The minimum absolute atomic E-state index is 0.106. The molecule has 0 spiro atoms. The molecule has 0 aromatic heterocycles.